The first-order chi connectivity index (χ1) is 8.73. The van der Waals surface area contributed by atoms with E-state index in [0.29, 0.717) is 13.1 Å². The Labute approximate surface area is 117 Å². The van der Waals surface area contributed by atoms with Gasteiger partial charge in [0.15, 0.2) is 5.82 Å². The summed E-state index contributed by atoms with van der Waals surface area (Å²) in [5, 5.41) is -0.279. The third-order valence-electron chi connectivity index (χ3n) is 3.59. The summed E-state index contributed by atoms with van der Waals surface area (Å²) in [5.74, 6) is -0.452. The van der Waals surface area contributed by atoms with Crippen LogP contribution in [0.3, 0.4) is 0 Å². The zero-order chi connectivity index (χ0) is 14.4. The van der Waals surface area contributed by atoms with E-state index < -0.39 is 20.7 Å². The SMILES string of the molecule is CC1CN(S(=O)(=O)c2cc(N)cc(Cl)c2F)CC1C. The van der Waals surface area contributed by atoms with Gasteiger partial charge in [-0.2, -0.15) is 4.31 Å². The minimum atomic E-state index is -3.89. The largest absolute Gasteiger partial charge is 0.399 e. The lowest BCUT2D eigenvalue weighted by Crippen LogP contribution is -2.30. The molecule has 1 heterocycles. The van der Waals surface area contributed by atoms with E-state index in [1.54, 1.807) is 0 Å². The van der Waals surface area contributed by atoms with Crippen molar-refractivity contribution in [2.45, 2.75) is 18.7 Å². The number of sulfonamides is 1. The Hall–Kier alpha value is -0.850. The van der Waals surface area contributed by atoms with Gasteiger partial charge in [-0.05, 0) is 24.0 Å². The molecule has 0 amide bonds. The summed E-state index contributed by atoms with van der Waals surface area (Å²) in [5.41, 5.74) is 5.67. The Bertz CT molecular complexity index is 596. The highest BCUT2D eigenvalue weighted by atomic mass is 35.5. The van der Waals surface area contributed by atoms with Gasteiger partial charge in [-0.25, -0.2) is 12.8 Å². The van der Waals surface area contributed by atoms with Gasteiger partial charge in [0, 0.05) is 18.8 Å². The highest BCUT2D eigenvalue weighted by Crippen LogP contribution is 2.32. The van der Waals surface area contributed by atoms with Crippen LogP contribution in [-0.4, -0.2) is 25.8 Å². The van der Waals surface area contributed by atoms with Gasteiger partial charge in [-0.3, -0.25) is 0 Å². The minimum absolute atomic E-state index is 0.130. The first kappa shape index (κ1) is 14.6. The smallest absolute Gasteiger partial charge is 0.246 e. The molecule has 19 heavy (non-hydrogen) atoms. The van der Waals surface area contributed by atoms with Gasteiger partial charge >= 0.3 is 0 Å². The van der Waals surface area contributed by atoms with Crippen LogP contribution >= 0.6 is 11.6 Å². The molecular weight excluding hydrogens is 291 g/mol. The van der Waals surface area contributed by atoms with Crippen LogP contribution in [0.5, 0.6) is 0 Å². The summed E-state index contributed by atoms with van der Waals surface area (Å²) >= 11 is 5.65. The van der Waals surface area contributed by atoms with Crippen LogP contribution in [-0.2, 0) is 10.0 Å². The number of hydrogen-bond acceptors (Lipinski definition) is 3. The predicted octanol–water partition coefficient (Wildman–Crippen LogP) is 2.34. The van der Waals surface area contributed by atoms with Gasteiger partial charge in [0.2, 0.25) is 10.0 Å². The van der Waals surface area contributed by atoms with E-state index in [9.17, 15) is 12.8 Å². The first-order valence-corrected chi connectivity index (χ1v) is 7.80. The number of nitrogen functional groups attached to an aromatic ring is 1. The number of rotatable bonds is 2. The van der Waals surface area contributed by atoms with Crippen LogP contribution in [0.1, 0.15) is 13.8 Å². The quantitative estimate of drug-likeness (QED) is 0.853. The molecule has 0 spiro atoms. The highest BCUT2D eigenvalue weighted by molar-refractivity contribution is 7.89. The van der Waals surface area contributed by atoms with Crippen molar-refractivity contribution in [2.75, 3.05) is 18.8 Å². The fraction of sp³-hybridized carbons (Fsp3) is 0.500. The van der Waals surface area contributed by atoms with Crippen LogP contribution < -0.4 is 5.73 Å². The van der Waals surface area contributed by atoms with Gasteiger partial charge in [0.05, 0.1) is 5.02 Å². The lowest BCUT2D eigenvalue weighted by Gasteiger charge is -2.17. The number of nitrogens with two attached hydrogens (primary N) is 1. The van der Waals surface area contributed by atoms with Crippen LogP contribution in [0, 0.1) is 17.7 Å². The van der Waals surface area contributed by atoms with Gasteiger partial charge in [-0.15, -0.1) is 0 Å². The van der Waals surface area contributed by atoms with E-state index in [1.165, 1.54) is 10.4 Å². The van der Waals surface area contributed by atoms with Crippen LogP contribution in [0.15, 0.2) is 17.0 Å². The summed E-state index contributed by atoms with van der Waals surface area (Å²) in [6.07, 6.45) is 0. The van der Waals surface area contributed by atoms with Crippen LogP contribution in [0.2, 0.25) is 5.02 Å². The van der Waals surface area contributed by atoms with Crippen LogP contribution in [0.25, 0.3) is 0 Å². The summed E-state index contributed by atoms with van der Waals surface area (Å²) < 4.78 is 40.1. The van der Waals surface area contributed by atoms with Crippen molar-refractivity contribution < 1.29 is 12.8 Å². The van der Waals surface area contributed by atoms with Gasteiger partial charge in [0.25, 0.3) is 0 Å². The lowest BCUT2D eigenvalue weighted by molar-refractivity contribution is 0.457. The standard InChI is InChI=1S/C12H16ClFN2O2S/c1-7-5-16(6-8(7)2)19(17,18)11-4-9(15)3-10(13)12(11)14/h3-4,7-8H,5-6,15H2,1-2H3. The van der Waals surface area contributed by atoms with E-state index >= 15 is 0 Å². The van der Waals surface area contributed by atoms with Crippen molar-refractivity contribution in [3.05, 3.63) is 23.0 Å². The zero-order valence-corrected chi connectivity index (χ0v) is 12.3. The molecule has 2 unspecified atom stereocenters. The van der Waals surface area contributed by atoms with E-state index in [0.717, 1.165) is 6.07 Å². The fourth-order valence-corrected chi connectivity index (χ4v) is 4.23. The zero-order valence-electron chi connectivity index (χ0n) is 10.7. The molecule has 2 rings (SSSR count). The first-order valence-electron chi connectivity index (χ1n) is 5.98. The minimum Gasteiger partial charge on any atom is -0.399 e. The average Bonchev–Trinajstić information content (AvgIpc) is 2.65. The maximum atomic E-state index is 13.9. The normalized spacial score (nSPS) is 24.8. The molecule has 4 nitrogen and oxygen atoms in total. The highest BCUT2D eigenvalue weighted by Gasteiger charge is 2.36. The second-order valence-electron chi connectivity index (χ2n) is 5.09. The second-order valence-corrected chi connectivity index (χ2v) is 7.40. The Morgan fingerprint density at radius 2 is 1.84 bits per heavy atom. The molecule has 0 aliphatic carbocycles. The molecule has 0 radical (unpaired) electrons. The molecule has 106 valence electrons. The maximum absolute atomic E-state index is 13.9. The van der Waals surface area contributed by atoms with Gasteiger partial charge in [-0.1, -0.05) is 25.4 Å². The molecule has 2 atom stereocenters. The van der Waals surface area contributed by atoms with Crippen molar-refractivity contribution in [3.8, 4) is 0 Å². The van der Waals surface area contributed by atoms with Crippen molar-refractivity contribution in [1.29, 1.82) is 0 Å². The van der Waals surface area contributed by atoms with E-state index in [-0.39, 0.29) is 22.5 Å². The van der Waals surface area contributed by atoms with E-state index in [1.807, 2.05) is 13.8 Å². The van der Waals surface area contributed by atoms with Crippen molar-refractivity contribution in [2.24, 2.45) is 11.8 Å². The molecule has 1 aromatic carbocycles. The lowest BCUT2D eigenvalue weighted by atomic mass is 10.0. The Kier molecular flexibility index (Phi) is 3.77. The molecule has 1 aromatic rings. The fourth-order valence-electron chi connectivity index (χ4n) is 2.18. The van der Waals surface area contributed by atoms with E-state index in [2.05, 4.69) is 0 Å². The van der Waals surface area contributed by atoms with Gasteiger partial charge < -0.3 is 5.73 Å². The number of halogens is 2. The van der Waals surface area contributed by atoms with E-state index in [4.69, 9.17) is 17.3 Å². The second kappa shape index (κ2) is 4.92. The summed E-state index contributed by atoms with van der Waals surface area (Å²) in [4.78, 5) is -0.446. The van der Waals surface area contributed by atoms with Crippen molar-refractivity contribution >= 4 is 27.3 Å². The molecule has 0 bridgehead atoms. The van der Waals surface area contributed by atoms with Gasteiger partial charge in [0.1, 0.15) is 4.90 Å². The monoisotopic (exact) mass is 306 g/mol. The summed E-state index contributed by atoms with van der Waals surface area (Å²) in [7, 11) is -3.89. The maximum Gasteiger partial charge on any atom is 0.246 e. The van der Waals surface area contributed by atoms with Crippen molar-refractivity contribution in [1.82, 2.24) is 4.31 Å². The number of anilines is 1. The topological polar surface area (TPSA) is 63.4 Å². The number of nitrogens with zero attached hydrogens (tertiary/aromatic N) is 1. The Balaban J connectivity index is 2.46. The molecule has 7 heteroatoms. The Morgan fingerprint density at radius 1 is 1.32 bits per heavy atom. The molecule has 2 N–H and O–H groups in total. The molecular formula is C12H16ClFN2O2S. The molecule has 1 fully saturated rings. The molecule has 1 aliphatic heterocycles. The molecule has 0 aromatic heterocycles. The Morgan fingerprint density at radius 3 is 2.37 bits per heavy atom. The molecule has 0 saturated carbocycles. The molecule has 1 saturated heterocycles. The summed E-state index contributed by atoms with van der Waals surface area (Å²) in [6.45, 7) is 4.72. The summed E-state index contributed by atoms with van der Waals surface area (Å²) in [6, 6.07) is 2.31. The van der Waals surface area contributed by atoms with Crippen LogP contribution in [0.4, 0.5) is 10.1 Å². The van der Waals surface area contributed by atoms with Crippen molar-refractivity contribution in [3.63, 3.8) is 0 Å². The number of hydrogen-bond donors (Lipinski definition) is 1. The number of benzene rings is 1. The third-order valence-corrected chi connectivity index (χ3v) is 5.70. The average molecular weight is 307 g/mol. The predicted molar refractivity (Wildman–Crippen MR) is 72.9 cm³/mol. The molecule has 1 aliphatic rings. The third kappa shape index (κ3) is 2.57.